The molecule has 1 amide bonds. The summed E-state index contributed by atoms with van der Waals surface area (Å²) in [6.45, 7) is 5.63. The average Bonchev–Trinajstić information content (AvgIpc) is 2.52. The molecule has 0 unspecified atom stereocenters. The lowest BCUT2D eigenvalue weighted by molar-refractivity contribution is -0.123. The molecule has 2 aromatic rings. The number of halogens is 1. The monoisotopic (exact) mass is 330 g/mol. The minimum absolute atomic E-state index is 0.104. The van der Waals surface area contributed by atoms with Crippen LogP contribution in [0.1, 0.15) is 23.6 Å². The van der Waals surface area contributed by atoms with Crippen molar-refractivity contribution in [2.45, 2.75) is 20.8 Å². The Morgan fingerprint density at radius 2 is 1.87 bits per heavy atom. The molecule has 120 valence electrons. The fourth-order valence-electron chi connectivity index (χ4n) is 1.96. The molecule has 0 aliphatic heterocycles. The fourth-order valence-corrected chi connectivity index (χ4v) is 2.18. The van der Waals surface area contributed by atoms with E-state index in [2.05, 4.69) is 10.5 Å². The Kier molecular flexibility index (Phi) is 5.77. The first-order valence-corrected chi connectivity index (χ1v) is 7.62. The number of hydrogen-bond acceptors (Lipinski definition) is 3. The zero-order chi connectivity index (χ0) is 16.8. The van der Waals surface area contributed by atoms with Crippen molar-refractivity contribution in [1.82, 2.24) is 5.43 Å². The molecule has 23 heavy (non-hydrogen) atoms. The lowest BCUT2D eigenvalue weighted by Crippen LogP contribution is -2.25. The molecule has 0 atom stereocenters. The molecule has 0 saturated heterocycles. The zero-order valence-corrected chi connectivity index (χ0v) is 14.1. The van der Waals surface area contributed by atoms with Crippen molar-refractivity contribution in [3.05, 3.63) is 64.2 Å². The summed E-state index contributed by atoms with van der Waals surface area (Å²) >= 11 is 5.88. The van der Waals surface area contributed by atoms with E-state index in [4.69, 9.17) is 16.3 Å². The second kappa shape index (κ2) is 7.79. The second-order valence-corrected chi connectivity index (χ2v) is 5.73. The lowest BCUT2D eigenvalue weighted by Gasteiger charge is -2.08. The molecule has 0 spiro atoms. The number of aryl methyl sites for hydroxylation is 2. The van der Waals surface area contributed by atoms with Crippen LogP contribution in [0.5, 0.6) is 5.75 Å². The first-order valence-electron chi connectivity index (χ1n) is 7.25. The minimum Gasteiger partial charge on any atom is -0.483 e. The molecule has 0 radical (unpaired) electrons. The number of hydrazone groups is 1. The molecule has 0 saturated carbocycles. The van der Waals surface area contributed by atoms with E-state index < -0.39 is 0 Å². The van der Waals surface area contributed by atoms with Gasteiger partial charge in [0, 0.05) is 5.02 Å². The number of amides is 1. The van der Waals surface area contributed by atoms with Crippen LogP contribution in [-0.2, 0) is 4.79 Å². The van der Waals surface area contributed by atoms with Gasteiger partial charge in [-0.25, -0.2) is 5.43 Å². The fraction of sp³-hybridized carbons (Fsp3) is 0.222. The first kappa shape index (κ1) is 17.0. The Balaban J connectivity index is 1.89. The van der Waals surface area contributed by atoms with Gasteiger partial charge in [-0.2, -0.15) is 5.10 Å². The topological polar surface area (TPSA) is 50.7 Å². The predicted molar refractivity (Wildman–Crippen MR) is 93.2 cm³/mol. The average molecular weight is 331 g/mol. The van der Waals surface area contributed by atoms with Crippen LogP contribution in [0.3, 0.4) is 0 Å². The van der Waals surface area contributed by atoms with Crippen LogP contribution in [0.15, 0.2) is 47.6 Å². The standard InChI is InChI=1S/C18H19ClN2O2/c1-12-4-6-15(7-5-12)14(3)20-21-18(22)11-23-17-9-8-16(19)10-13(17)2/h4-10H,11H2,1-3H3,(H,21,22). The van der Waals surface area contributed by atoms with Gasteiger partial charge in [-0.05, 0) is 50.1 Å². The van der Waals surface area contributed by atoms with Crippen LogP contribution < -0.4 is 10.2 Å². The van der Waals surface area contributed by atoms with Crippen LogP contribution in [0.4, 0.5) is 0 Å². The van der Waals surface area contributed by atoms with E-state index in [0.29, 0.717) is 10.8 Å². The Bertz CT molecular complexity index is 724. The molecule has 2 rings (SSSR count). The number of nitrogens with one attached hydrogen (secondary N) is 1. The summed E-state index contributed by atoms with van der Waals surface area (Å²) in [6, 6.07) is 13.2. The number of carbonyl (C=O) groups is 1. The van der Waals surface area contributed by atoms with Gasteiger partial charge in [-0.3, -0.25) is 4.79 Å². The Morgan fingerprint density at radius 3 is 2.52 bits per heavy atom. The van der Waals surface area contributed by atoms with Crippen molar-refractivity contribution in [1.29, 1.82) is 0 Å². The highest BCUT2D eigenvalue weighted by Gasteiger charge is 2.05. The van der Waals surface area contributed by atoms with Crippen molar-refractivity contribution < 1.29 is 9.53 Å². The van der Waals surface area contributed by atoms with Gasteiger partial charge in [0.05, 0.1) is 5.71 Å². The summed E-state index contributed by atoms with van der Waals surface area (Å²) in [5, 5.41) is 4.73. The van der Waals surface area contributed by atoms with E-state index >= 15 is 0 Å². The number of carbonyl (C=O) groups excluding carboxylic acids is 1. The van der Waals surface area contributed by atoms with Crippen molar-refractivity contribution >= 4 is 23.2 Å². The lowest BCUT2D eigenvalue weighted by atomic mass is 10.1. The second-order valence-electron chi connectivity index (χ2n) is 5.30. The van der Waals surface area contributed by atoms with Crippen LogP contribution in [0, 0.1) is 13.8 Å². The van der Waals surface area contributed by atoms with Crippen molar-refractivity contribution in [2.75, 3.05) is 6.61 Å². The Labute approximate surface area is 141 Å². The van der Waals surface area contributed by atoms with Gasteiger partial charge < -0.3 is 4.74 Å². The maximum Gasteiger partial charge on any atom is 0.277 e. The third-order valence-corrected chi connectivity index (χ3v) is 3.55. The number of ether oxygens (including phenoxy) is 1. The van der Waals surface area contributed by atoms with Gasteiger partial charge in [-0.1, -0.05) is 41.4 Å². The van der Waals surface area contributed by atoms with Crippen molar-refractivity contribution in [3.8, 4) is 5.75 Å². The normalized spacial score (nSPS) is 11.2. The molecule has 0 aliphatic carbocycles. The molecule has 0 heterocycles. The molecule has 0 aliphatic rings. The van der Waals surface area contributed by atoms with Gasteiger partial charge in [-0.15, -0.1) is 0 Å². The maximum absolute atomic E-state index is 11.8. The smallest absolute Gasteiger partial charge is 0.277 e. The van der Waals surface area contributed by atoms with E-state index in [1.54, 1.807) is 18.2 Å². The van der Waals surface area contributed by atoms with Gasteiger partial charge in [0.1, 0.15) is 5.75 Å². The third kappa shape index (κ3) is 5.11. The van der Waals surface area contributed by atoms with Gasteiger partial charge in [0.2, 0.25) is 0 Å². The van der Waals surface area contributed by atoms with Crippen molar-refractivity contribution in [3.63, 3.8) is 0 Å². The number of hydrogen-bond donors (Lipinski definition) is 1. The molecule has 0 fully saturated rings. The molecule has 0 aromatic heterocycles. The van der Waals surface area contributed by atoms with E-state index in [0.717, 1.165) is 16.8 Å². The number of benzene rings is 2. The summed E-state index contributed by atoms with van der Waals surface area (Å²) in [6.07, 6.45) is 0. The predicted octanol–water partition coefficient (Wildman–Crippen LogP) is 3.88. The Morgan fingerprint density at radius 1 is 1.17 bits per heavy atom. The minimum atomic E-state index is -0.314. The first-order chi connectivity index (χ1) is 11.0. The van der Waals surface area contributed by atoms with Gasteiger partial charge >= 0.3 is 0 Å². The van der Waals surface area contributed by atoms with Crippen molar-refractivity contribution in [2.24, 2.45) is 5.10 Å². The molecular formula is C18H19ClN2O2. The molecule has 1 N–H and O–H groups in total. The summed E-state index contributed by atoms with van der Waals surface area (Å²) < 4.78 is 5.47. The highest BCUT2D eigenvalue weighted by atomic mass is 35.5. The highest BCUT2D eigenvalue weighted by Crippen LogP contribution is 2.21. The van der Waals surface area contributed by atoms with E-state index in [1.165, 1.54) is 5.56 Å². The highest BCUT2D eigenvalue weighted by molar-refractivity contribution is 6.30. The maximum atomic E-state index is 11.8. The van der Waals surface area contributed by atoms with Crippen LogP contribution in [0.25, 0.3) is 0 Å². The SMILES string of the molecule is CC(=NNC(=O)COc1ccc(Cl)cc1C)c1ccc(C)cc1. The van der Waals surface area contributed by atoms with Crippen LogP contribution in [0.2, 0.25) is 5.02 Å². The van der Waals surface area contributed by atoms with E-state index in [1.807, 2.05) is 45.0 Å². The van der Waals surface area contributed by atoms with E-state index in [-0.39, 0.29) is 12.5 Å². The zero-order valence-electron chi connectivity index (χ0n) is 13.4. The van der Waals surface area contributed by atoms with E-state index in [9.17, 15) is 4.79 Å². The number of nitrogens with zero attached hydrogens (tertiary/aromatic N) is 1. The third-order valence-electron chi connectivity index (χ3n) is 3.31. The largest absolute Gasteiger partial charge is 0.483 e. The van der Waals surface area contributed by atoms with Crippen LogP contribution >= 0.6 is 11.6 Å². The molecule has 2 aromatic carbocycles. The quantitative estimate of drug-likeness (QED) is 0.668. The molecule has 5 heteroatoms. The van der Waals surface area contributed by atoms with Crippen LogP contribution in [-0.4, -0.2) is 18.2 Å². The summed E-state index contributed by atoms with van der Waals surface area (Å²) in [4.78, 5) is 11.8. The summed E-state index contributed by atoms with van der Waals surface area (Å²) in [7, 11) is 0. The Hall–Kier alpha value is -2.33. The molecular weight excluding hydrogens is 312 g/mol. The summed E-state index contributed by atoms with van der Waals surface area (Å²) in [5.74, 6) is 0.314. The number of rotatable bonds is 5. The summed E-state index contributed by atoms with van der Waals surface area (Å²) in [5.41, 5.74) is 6.25. The van der Waals surface area contributed by atoms with Gasteiger partial charge in [0.15, 0.2) is 6.61 Å². The molecule has 4 nitrogen and oxygen atoms in total. The van der Waals surface area contributed by atoms with Gasteiger partial charge in [0.25, 0.3) is 5.91 Å². The molecule has 0 bridgehead atoms.